The lowest BCUT2D eigenvalue weighted by molar-refractivity contribution is -0.188. The molecule has 0 unspecified atom stereocenters. The fraction of sp³-hybridized carbons (Fsp3) is 0.500. The lowest BCUT2D eigenvalue weighted by atomic mass is 10.0. The molecule has 10 heteroatoms. The Morgan fingerprint density at radius 1 is 1.17 bits per heavy atom. The number of nitrogens with zero attached hydrogens (tertiary/aromatic N) is 3. The summed E-state index contributed by atoms with van der Waals surface area (Å²) in [7, 11) is 0. The maximum Gasteiger partial charge on any atom is 0.286 e. The summed E-state index contributed by atoms with van der Waals surface area (Å²) in [5, 5.41) is 11.5. The van der Waals surface area contributed by atoms with Gasteiger partial charge in [0, 0.05) is 31.6 Å². The minimum atomic E-state index is -0.500. The Balaban J connectivity index is 1.20. The molecule has 0 atom stereocenters. The number of amides is 2. The first-order valence-corrected chi connectivity index (χ1v) is 10.7. The van der Waals surface area contributed by atoms with Crippen molar-refractivity contribution in [2.45, 2.75) is 32.2 Å². The van der Waals surface area contributed by atoms with Gasteiger partial charge in [-0.3, -0.25) is 9.59 Å². The maximum atomic E-state index is 12.4. The Labute approximate surface area is 178 Å². The molecule has 2 saturated heterocycles. The zero-order valence-electron chi connectivity index (χ0n) is 16.8. The van der Waals surface area contributed by atoms with E-state index in [0.717, 1.165) is 16.9 Å². The number of aryl methyl sites for hydroxylation is 1. The van der Waals surface area contributed by atoms with Crippen LogP contribution in [0.5, 0.6) is 0 Å². The van der Waals surface area contributed by atoms with Crippen LogP contribution in [0.1, 0.15) is 33.2 Å². The van der Waals surface area contributed by atoms with E-state index >= 15 is 0 Å². The molecule has 2 amide bonds. The molecule has 9 nitrogen and oxygen atoms in total. The molecule has 1 spiro atoms. The van der Waals surface area contributed by atoms with E-state index in [1.165, 1.54) is 0 Å². The topological polar surface area (TPSA) is 103 Å². The number of piperidine rings is 1. The molecule has 2 fully saturated rings. The summed E-state index contributed by atoms with van der Waals surface area (Å²) < 4.78 is 16.8. The minimum absolute atomic E-state index is 0.0425. The van der Waals surface area contributed by atoms with E-state index in [4.69, 9.17) is 14.2 Å². The predicted octanol–water partition coefficient (Wildman–Crippen LogP) is 1.98. The van der Waals surface area contributed by atoms with Gasteiger partial charge in [-0.2, -0.15) is 0 Å². The van der Waals surface area contributed by atoms with Gasteiger partial charge < -0.3 is 24.4 Å². The summed E-state index contributed by atoms with van der Waals surface area (Å²) in [5.41, 5.74) is 1.81. The number of hydrogen-bond acceptors (Lipinski definition) is 8. The Bertz CT molecular complexity index is 885. The summed E-state index contributed by atoms with van der Waals surface area (Å²) in [6.45, 7) is 4.47. The fourth-order valence-electron chi connectivity index (χ4n) is 3.42. The summed E-state index contributed by atoms with van der Waals surface area (Å²) in [4.78, 5) is 26.4. The second-order valence-corrected chi connectivity index (χ2v) is 8.36. The molecule has 4 rings (SSSR count). The zero-order chi connectivity index (χ0) is 21.0. The van der Waals surface area contributed by atoms with Gasteiger partial charge in [-0.15, -0.1) is 10.2 Å². The van der Waals surface area contributed by atoms with E-state index in [-0.39, 0.29) is 30.0 Å². The Kier molecular flexibility index (Phi) is 6.38. The number of rotatable bonds is 6. The fourth-order valence-corrected chi connectivity index (χ4v) is 4.10. The summed E-state index contributed by atoms with van der Waals surface area (Å²) in [6, 6.07) is 7.50. The number of hydrogen-bond donors (Lipinski definition) is 1. The Hall–Kier alpha value is -2.40. The van der Waals surface area contributed by atoms with E-state index in [1.807, 2.05) is 31.2 Å². The van der Waals surface area contributed by atoms with Crippen LogP contribution >= 0.6 is 11.3 Å². The van der Waals surface area contributed by atoms with E-state index in [1.54, 1.807) is 4.90 Å². The number of aromatic nitrogens is 2. The normalized spacial score (nSPS) is 18.0. The summed E-state index contributed by atoms with van der Waals surface area (Å²) in [5.74, 6) is -0.901. The van der Waals surface area contributed by atoms with Gasteiger partial charge >= 0.3 is 0 Å². The Morgan fingerprint density at radius 2 is 1.87 bits per heavy atom. The third-order valence-electron chi connectivity index (χ3n) is 5.11. The quantitative estimate of drug-likeness (QED) is 0.744. The average Bonchev–Trinajstić information content (AvgIpc) is 3.40. The zero-order valence-corrected chi connectivity index (χ0v) is 17.6. The molecule has 1 aromatic carbocycles. The highest BCUT2D eigenvalue weighted by atomic mass is 32.1. The third kappa shape index (κ3) is 5.01. The van der Waals surface area contributed by atoms with E-state index in [2.05, 4.69) is 15.5 Å². The SMILES string of the molecule is Cc1ccc(NC(=O)c2nnc(COCC(=O)N3CCC4(CC3)OCCO4)s2)cc1. The van der Waals surface area contributed by atoms with Crippen LogP contribution in [0.2, 0.25) is 0 Å². The van der Waals surface area contributed by atoms with Crippen molar-refractivity contribution in [3.63, 3.8) is 0 Å². The second-order valence-electron chi connectivity index (χ2n) is 7.30. The number of anilines is 1. The lowest BCUT2D eigenvalue weighted by Gasteiger charge is -2.37. The number of ether oxygens (including phenoxy) is 3. The van der Waals surface area contributed by atoms with Gasteiger partial charge in [0.1, 0.15) is 18.2 Å². The van der Waals surface area contributed by atoms with Gasteiger partial charge in [-0.25, -0.2) is 0 Å². The van der Waals surface area contributed by atoms with Crippen molar-refractivity contribution in [1.82, 2.24) is 15.1 Å². The van der Waals surface area contributed by atoms with Gasteiger partial charge in [-0.05, 0) is 19.1 Å². The van der Waals surface area contributed by atoms with E-state index in [0.29, 0.717) is 49.8 Å². The van der Waals surface area contributed by atoms with E-state index < -0.39 is 5.79 Å². The largest absolute Gasteiger partial charge is 0.364 e. The number of nitrogens with one attached hydrogen (secondary N) is 1. The van der Waals surface area contributed by atoms with Gasteiger partial charge in [0.05, 0.1) is 13.2 Å². The molecule has 0 bridgehead atoms. The lowest BCUT2D eigenvalue weighted by Crippen LogP contribution is -2.48. The van der Waals surface area contributed by atoms with Gasteiger partial charge in [0.15, 0.2) is 5.79 Å². The molecule has 2 aromatic rings. The molecular weight excluding hydrogens is 408 g/mol. The molecule has 0 aliphatic carbocycles. The van der Waals surface area contributed by atoms with Crippen molar-refractivity contribution in [3.8, 4) is 0 Å². The maximum absolute atomic E-state index is 12.4. The highest BCUT2D eigenvalue weighted by Gasteiger charge is 2.40. The minimum Gasteiger partial charge on any atom is -0.364 e. The standard InChI is InChI=1S/C20H24N4O5S/c1-14-2-4-15(5-3-14)21-18(26)19-23-22-16(30-19)12-27-13-17(25)24-8-6-20(7-9-24)28-10-11-29-20/h2-5H,6-13H2,1H3,(H,21,26). The van der Waals surface area contributed by atoms with Crippen molar-refractivity contribution in [3.05, 3.63) is 39.8 Å². The molecule has 30 heavy (non-hydrogen) atoms. The van der Waals surface area contributed by atoms with Crippen LogP contribution in [0.4, 0.5) is 5.69 Å². The van der Waals surface area contributed by atoms with Crippen LogP contribution in [0.25, 0.3) is 0 Å². The number of carbonyl (C=O) groups is 2. The van der Waals surface area contributed by atoms with Gasteiger partial charge in [0.2, 0.25) is 10.9 Å². The number of likely N-dealkylation sites (tertiary alicyclic amines) is 1. The van der Waals surface area contributed by atoms with Crippen LogP contribution in [-0.4, -0.2) is 65.6 Å². The van der Waals surface area contributed by atoms with Crippen LogP contribution in [0, 0.1) is 6.92 Å². The van der Waals surface area contributed by atoms with Crippen molar-refractivity contribution in [2.24, 2.45) is 0 Å². The molecule has 2 aliphatic rings. The summed E-state index contributed by atoms with van der Waals surface area (Å²) >= 11 is 1.15. The molecule has 160 valence electrons. The monoisotopic (exact) mass is 432 g/mol. The summed E-state index contributed by atoms with van der Waals surface area (Å²) in [6.07, 6.45) is 1.35. The molecular formula is C20H24N4O5S. The van der Waals surface area contributed by atoms with Crippen LogP contribution < -0.4 is 5.32 Å². The smallest absolute Gasteiger partial charge is 0.286 e. The van der Waals surface area contributed by atoms with Crippen LogP contribution in [0.15, 0.2) is 24.3 Å². The highest BCUT2D eigenvalue weighted by molar-refractivity contribution is 7.13. The molecule has 0 saturated carbocycles. The molecule has 3 heterocycles. The van der Waals surface area contributed by atoms with Crippen molar-refractivity contribution < 1.29 is 23.8 Å². The average molecular weight is 433 g/mol. The van der Waals surface area contributed by atoms with Gasteiger partial charge in [-0.1, -0.05) is 29.0 Å². The molecule has 2 aliphatic heterocycles. The highest BCUT2D eigenvalue weighted by Crippen LogP contribution is 2.31. The number of carbonyl (C=O) groups excluding carboxylic acids is 2. The third-order valence-corrected chi connectivity index (χ3v) is 6.01. The van der Waals surface area contributed by atoms with Crippen molar-refractivity contribution in [1.29, 1.82) is 0 Å². The molecule has 1 aromatic heterocycles. The molecule has 0 radical (unpaired) electrons. The van der Waals surface area contributed by atoms with Crippen LogP contribution in [0.3, 0.4) is 0 Å². The second kappa shape index (κ2) is 9.17. The molecule has 1 N–H and O–H groups in total. The predicted molar refractivity (Wildman–Crippen MR) is 109 cm³/mol. The van der Waals surface area contributed by atoms with Crippen molar-refractivity contribution in [2.75, 3.05) is 38.2 Å². The van der Waals surface area contributed by atoms with Crippen LogP contribution in [-0.2, 0) is 25.6 Å². The van der Waals surface area contributed by atoms with E-state index in [9.17, 15) is 9.59 Å². The van der Waals surface area contributed by atoms with Crippen molar-refractivity contribution >= 4 is 28.8 Å². The number of benzene rings is 1. The Morgan fingerprint density at radius 3 is 2.57 bits per heavy atom. The first-order valence-electron chi connectivity index (χ1n) is 9.87. The van der Waals surface area contributed by atoms with Gasteiger partial charge in [0.25, 0.3) is 5.91 Å². The first-order chi connectivity index (χ1) is 14.5. The first kappa shape index (κ1) is 20.9.